The van der Waals surface area contributed by atoms with Crippen LogP contribution in [0.25, 0.3) is 0 Å². The van der Waals surface area contributed by atoms with Gasteiger partial charge < -0.3 is 15.5 Å². The first-order valence-corrected chi connectivity index (χ1v) is 10.2. The second kappa shape index (κ2) is 7.82. The van der Waals surface area contributed by atoms with Crippen LogP contribution in [0.4, 0.5) is 10.5 Å². The molecule has 1 aliphatic carbocycles. The molecule has 2 aromatic rings. The van der Waals surface area contributed by atoms with E-state index in [0.717, 1.165) is 40.1 Å². The average Bonchev–Trinajstić information content (AvgIpc) is 2.97. The van der Waals surface area contributed by atoms with Crippen LogP contribution in [0, 0.1) is 0 Å². The summed E-state index contributed by atoms with van der Waals surface area (Å²) in [4.78, 5) is 41.3. The summed E-state index contributed by atoms with van der Waals surface area (Å²) in [6, 6.07) is 15.0. The molecule has 4 rings (SSSR count). The lowest BCUT2D eigenvalue weighted by molar-refractivity contribution is -0.135. The van der Waals surface area contributed by atoms with E-state index in [4.69, 9.17) is 0 Å². The van der Waals surface area contributed by atoms with Gasteiger partial charge in [0.25, 0.3) is 5.91 Å². The van der Waals surface area contributed by atoms with Crippen molar-refractivity contribution in [3.8, 4) is 0 Å². The fraction of sp³-hybridized carbons (Fsp3) is 0.348. The van der Waals surface area contributed by atoms with Crippen molar-refractivity contribution in [1.82, 2.24) is 15.5 Å². The number of nitrogens with zero attached hydrogens (tertiary/aromatic N) is 2. The van der Waals surface area contributed by atoms with Crippen LogP contribution in [0.15, 0.2) is 48.5 Å². The molecule has 1 fully saturated rings. The van der Waals surface area contributed by atoms with Crippen LogP contribution in [-0.4, -0.2) is 43.4 Å². The largest absolute Gasteiger partial charge is 0.378 e. The first-order chi connectivity index (χ1) is 14.4. The van der Waals surface area contributed by atoms with Crippen molar-refractivity contribution >= 4 is 23.5 Å². The van der Waals surface area contributed by atoms with Crippen molar-refractivity contribution in [3.05, 3.63) is 65.2 Å². The number of rotatable bonds is 5. The Hall–Kier alpha value is -3.35. The minimum absolute atomic E-state index is 0.287. The molecule has 1 aliphatic heterocycles. The number of aryl methyl sites for hydroxylation is 1. The molecule has 0 bridgehead atoms. The molecule has 7 heteroatoms. The molecule has 1 atom stereocenters. The molecule has 156 valence electrons. The maximum Gasteiger partial charge on any atom is 0.325 e. The summed E-state index contributed by atoms with van der Waals surface area (Å²) in [5.41, 5.74) is 2.89. The van der Waals surface area contributed by atoms with Crippen LogP contribution in [0.3, 0.4) is 0 Å². The number of hydrogen-bond acceptors (Lipinski definition) is 4. The highest BCUT2D eigenvalue weighted by Crippen LogP contribution is 2.39. The quantitative estimate of drug-likeness (QED) is 0.746. The zero-order chi connectivity index (χ0) is 21.3. The molecule has 1 heterocycles. The summed E-state index contributed by atoms with van der Waals surface area (Å²) < 4.78 is 0. The Kier molecular flexibility index (Phi) is 5.20. The van der Waals surface area contributed by atoms with E-state index in [0.29, 0.717) is 13.0 Å². The van der Waals surface area contributed by atoms with Gasteiger partial charge in [0.15, 0.2) is 0 Å². The number of imide groups is 1. The van der Waals surface area contributed by atoms with Gasteiger partial charge in [0, 0.05) is 26.3 Å². The van der Waals surface area contributed by atoms with Crippen LogP contribution in [-0.2, 0) is 28.1 Å². The maximum atomic E-state index is 13.2. The molecule has 2 aliphatic rings. The molecule has 1 spiro atoms. The van der Waals surface area contributed by atoms with Gasteiger partial charge in [-0.3, -0.25) is 14.5 Å². The Bertz CT molecular complexity index is 986. The Morgan fingerprint density at radius 3 is 2.60 bits per heavy atom. The molecular weight excluding hydrogens is 380 g/mol. The monoisotopic (exact) mass is 406 g/mol. The number of amides is 4. The van der Waals surface area contributed by atoms with Crippen molar-refractivity contribution in [2.75, 3.05) is 25.5 Å². The van der Waals surface area contributed by atoms with Crippen LogP contribution >= 0.6 is 0 Å². The van der Waals surface area contributed by atoms with E-state index < -0.39 is 11.6 Å². The van der Waals surface area contributed by atoms with Crippen molar-refractivity contribution in [3.63, 3.8) is 0 Å². The molecule has 0 saturated carbocycles. The van der Waals surface area contributed by atoms with Crippen LogP contribution < -0.4 is 15.5 Å². The van der Waals surface area contributed by atoms with Gasteiger partial charge in [0.05, 0.1) is 0 Å². The highest BCUT2D eigenvalue weighted by molar-refractivity contribution is 6.09. The molecule has 4 amide bonds. The summed E-state index contributed by atoms with van der Waals surface area (Å²) in [6.07, 6.45) is 2.24. The second-order valence-corrected chi connectivity index (χ2v) is 8.08. The van der Waals surface area contributed by atoms with E-state index in [9.17, 15) is 14.4 Å². The normalized spacial score (nSPS) is 20.1. The Morgan fingerprint density at radius 2 is 1.87 bits per heavy atom. The van der Waals surface area contributed by atoms with E-state index in [1.165, 1.54) is 0 Å². The molecule has 2 N–H and O–H groups in total. The van der Waals surface area contributed by atoms with Gasteiger partial charge in [-0.25, -0.2) is 4.79 Å². The number of carbonyl (C=O) groups is 3. The lowest BCUT2D eigenvalue weighted by Crippen LogP contribution is -2.47. The minimum Gasteiger partial charge on any atom is -0.378 e. The molecule has 0 aromatic heterocycles. The fourth-order valence-corrected chi connectivity index (χ4v) is 4.27. The van der Waals surface area contributed by atoms with Crippen molar-refractivity contribution in [2.45, 2.75) is 31.3 Å². The lowest BCUT2D eigenvalue weighted by Gasteiger charge is -2.33. The van der Waals surface area contributed by atoms with Crippen molar-refractivity contribution in [2.24, 2.45) is 0 Å². The third kappa shape index (κ3) is 3.51. The summed E-state index contributed by atoms with van der Waals surface area (Å²) in [6.45, 7) is 0.0501. The highest BCUT2D eigenvalue weighted by atomic mass is 16.2. The number of urea groups is 1. The highest BCUT2D eigenvalue weighted by Gasteiger charge is 2.54. The number of fused-ring (bicyclic) bond motifs is 2. The van der Waals surface area contributed by atoms with Gasteiger partial charge in [-0.05, 0) is 48.1 Å². The Balaban J connectivity index is 1.42. The third-order valence-electron chi connectivity index (χ3n) is 5.89. The zero-order valence-electron chi connectivity index (χ0n) is 17.3. The summed E-state index contributed by atoms with van der Waals surface area (Å²) in [7, 11) is 3.93. The maximum absolute atomic E-state index is 13.2. The van der Waals surface area contributed by atoms with E-state index in [1.807, 2.05) is 67.5 Å². The number of hydrogen-bond donors (Lipinski definition) is 2. The van der Waals surface area contributed by atoms with Crippen molar-refractivity contribution in [1.29, 1.82) is 0 Å². The second-order valence-electron chi connectivity index (χ2n) is 8.08. The molecular formula is C23H26N4O3. The smallest absolute Gasteiger partial charge is 0.325 e. The van der Waals surface area contributed by atoms with Crippen molar-refractivity contribution < 1.29 is 14.4 Å². The predicted octanol–water partition coefficient (Wildman–Crippen LogP) is 2.15. The van der Waals surface area contributed by atoms with Gasteiger partial charge in [-0.15, -0.1) is 0 Å². The Labute approximate surface area is 176 Å². The first kappa shape index (κ1) is 19.9. The van der Waals surface area contributed by atoms with Gasteiger partial charge in [0.1, 0.15) is 12.1 Å². The topological polar surface area (TPSA) is 81.8 Å². The third-order valence-corrected chi connectivity index (χ3v) is 5.89. The minimum atomic E-state index is -1.05. The van der Waals surface area contributed by atoms with Crippen LogP contribution in [0.5, 0.6) is 0 Å². The summed E-state index contributed by atoms with van der Waals surface area (Å²) in [5.74, 6) is -0.707. The molecule has 0 unspecified atom stereocenters. The Morgan fingerprint density at radius 1 is 1.13 bits per heavy atom. The fourth-order valence-electron chi connectivity index (χ4n) is 4.27. The average molecular weight is 406 g/mol. The van der Waals surface area contributed by atoms with E-state index in [2.05, 4.69) is 10.6 Å². The molecule has 7 nitrogen and oxygen atoms in total. The molecule has 30 heavy (non-hydrogen) atoms. The summed E-state index contributed by atoms with van der Waals surface area (Å²) in [5, 5.41) is 5.67. The van der Waals surface area contributed by atoms with Crippen LogP contribution in [0.1, 0.15) is 29.5 Å². The molecule has 2 aromatic carbocycles. The van der Waals surface area contributed by atoms with E-state index >= 15 is 0 Å². The zero-order valence-corrected chi connectivity index (χ0v) is 17.3. The molecule has 1 saturated heterocycles. The van der Waals surface area contributed by atoms with E-state index in [1.54, 1.807) is 0 Å². The number of anilines is 1. The molecule has 0 radical (unpaired) electrons. The number of nitrogens with one attached hydrogen (secondary N) is 2. The van der Waals surface area contributed by atoms with Gasteiger partial charge in [-0.1, -0.05) is 36.4 Å². The standard InChI is InChI=1S/C23H26N4O3/c1-26(2)18-11-9-16(10-12-18)14-24-20(28)15-27-21(29)23(25-22(27)30)13-5-7-17-6-3-4-8-19(17)23/h3-4,6,8-12H,5,7,13-15H2,1-2H3,(H,24,28)(H,25,30)/t23-/m0/s1. The number of carbonyl (C=O) groups excluding carboxylic acids is 3. The number of benzene rings is 2. The summed E-state index contributed by atoms with van der Waals surface area (Å²) >= 11 is 0. The van der Waals surface area contributed by atoms with Gasteiger partial charge in [0.2, 0.25) is 5.91 Å². The van der Waals surface area contributed by atoms with Crippen LogP contribution in [0.2, 0.25) is 0 Å². The first-order valence-electron chi connectivity index (χ1n) is 10.2. The SMILES string of the molecule is CN(C)c1ccc(CNC(=O)CN2C(=O)N[C@]3(CCCc4ccccc43)C2=O)cc1. The lowest BCUT2D eigenvalue weighted by atomic mass is 9.76. The van der Waals surface area contributed by atoms with Gasteiger partial charge >= 0.3 is 6.03 Å². The van der Waals surface area contributed by atoms with Gasteiger partial charge in [-0.2, -0.15) is 0 Å². The predicted molar refractivity (Wildman–Crippen MR) is 114 cm³/mol. The van der Waals surface area contributed by atoms with E-state index in [-0.39, 0.29) is 18.4 Å².